The number of phenolic OH excluding ortho intramolecular Hbond substituents is 1. The van der Waals surface area contributed by atoms with Gasteiger partial charge in [0.2, 0.25) is 0 Å². The minimum absolute atomic E-state index is 0.275. The third kappa shape index (κ3) is 3.74. The molecule has 1 aromatic carbocycles. The van der Waals surface area contributed by atoms with E-state index < -0.39 is 0 Å². The molecule has 0 aromatic heterocycles. The Kier molecular flexibility index (Phi) is 6.20. The zero-order chi connectivity index (χ0) is 13.5. The molecule has 0 saturated heterocycles. The second-order valence-corrected chi connectivity index (χ2v) is 5.00. The van der Waals surface area contributed by atoms with Gasteiger partial charge in [-0.3, -0.25) is 4.90 Å². The predicted octanol–water partition coefficient (Wildman–Crippen LogP) is 4.21. The Morgan fingerprint density at radius 2 is 1.72 bits per heavy atom. The summed E-state index contributed by atoms with van der Waals surface area (Å²) in [5.74, 6) is 1.16. The number of rotatable bonds is 7. The number of para-hydroxylation sites is 1. The third-order valence-electron chi connectivity index (χ3n) is 3.99. The van der Waals surface area contributed by atoms with Crippen LogP contribution in [0.25, 0.3) is 0 Å². The van der Waals surface area contributed by atoms with Gasteiger partial charge < -0.3 is 5.11 Å². The van der Waals surface area contributed by atoms with Gasteiger partial charge in [0, 0.05) is 18.2 Å². The first-order chi connectivity index (χ1) is 8.63. The maximum atomic E-state index is 9.95. The number of hydrogen-bond donors (Lipinski definition) is 1. The Morgan fingerprint density at radius 3 is 2.22 bits per heavy atom. The van der Waals surface area contributed by atoms with Crippen LogP contribution in [0.15, 0.2) is 24.3 Å². The van der Waals surface area contributed by atoms with E-state index in [4.69, 9.17) is 0 Å². The predicted molar refractivity (Wildman–Crippen MR) is 77.8 cm³/mol. The highest BCUT2D eigenvalue weighted by Crippen LogP contribution is 2.29. The summed E-state index contributed by atoms with van der Waals surface area (Å²) < 4.78 is 0. The number of nitrogens with zero attached hydrogens (tertiary/aromatic N) is 1. The van der Waals surface area contributed by atoms with Crippen molar-refractivity contribution < 1.29 is 5.11 Å². The van der Waals surface area contributed by atoms with E-state index in [0.29, 0.717) is 5.75 Å². The highest BCUT2D eigenvalue weighted by Gasteiger charge is 2.19. The van der Waals surface area contributed by atoms with E-state index in [0.717, 1.165) is 24.6 Å². The molecule has 0 spiro atoms. The molecule has 0 heterocycles. The highest BCUT2D eigenvalue weighted by molar-refractivity contribution is 5.34. The van der Waals surface area contributed by atoms with Crippen LogP contribution in [0.1, 0.15) is 52.1 Å². The van der Waals surface area contributed by atoms with Crippen molar-refractivity contribution in [2.75, 3.05) is 13.1 Å². The van der Waals surface area contributed by atoms with Gasteiger partial charge in [-0.25, -0.2) is 0 Å². The van der Waals surface area contributed by atoms with E-state index >= 15 is 0 Å². The lowest BCUT2D eigenvalue weighted by Gasteiger charge is -2.31. The van der Waals surface area contributed by atoms with Crippen molar-refractivity contribution in [2.45, 2.75) is 46.6 Å². The van der Waals surface area contributed by atoms with Crippen molar-refractivity contribution in [3.63, 3.8) is 0 Å². The zero-order valence-electron chi connectivity index (χ0n) is 12.2. The summed E-state index contributed by atoms with van der Waals surface area (Å²) in [7, 11) is 0. The average molecular weight is 249 g/mol. The molecule has 102 valence electrons. The minimum Gasteiger partial charge on any atom is -0.508 e. The molecule has 18 heavy (non-hydrogen) atoms. The average Bonchev–Trinajstić information content (AvgIpc) is 2.40. The summed E-state index contributed by atoms with van der Waals surface area (Å²) >= 11 is 0. The number of benzene rings is 1. The summed E-state index contributed by atoms with van der Waals surface area (Å²) in [6.07, 6.45) is 2.45. The van der Waals surface area contributed by atoms with Crippen LogP contribution in [0.3, 0.4) is 0 Å². The molecule has 0 fully saturated rings. The molecule has 0 amide bonds. The van der Waals surface area contributed by atoms with Gasteiger partial charge in [0.05, 0.1) is 0 Å². The molecular weight excluding hydrogens is 222 g/mol. The fraction of sp³-hybridized carbons (Fsp3) is 0.625. The number of hydrogen-bond acceptors (Lipinski definition) is 2. The van der Waals surface area contributed by atoms with Crippen LogP contribution in [0.5, 0.6) is 5.75 Å². The second-order valence-electron chi connectivity index (χ2n) is 5.00. The molecule has 1 unspecified atom stereocenters. The largest absolute Gasteiger partial charge is 0.508 e. The van der Waals surface area contributed by atoms with Crippen molar-refractivity contribution in [3.05, 3.63) is 29.8 Å². The quantitative estimate of drug-likeness (QED) is 0.782. The van der Waals surface area contributed by atoms with Gasteiger partial charge in [-0.2, -0.15) is 0 Å². The molecule has 0 saturated carbocycles. The molecule has 2 heteroatoms. The van der Waals surface area contributed by atoms with Crippen molar-refractivity contribution >= 4 is 0 Å². The summed E-state index contributed by atoms with van der Waals surface area (Å²) in [5, 5.41) is 9.95. The molecule has 1 atom stereocenters. The van der Waals surface area contributed by atoms with E-state index in [2.05, 4.69) is 32.6 Å². The summed E-state index contributed by atoms with van der Waals surface area (Å²) in [5.41, 5.74) is 1.03. The molecule has 2 nitrogen and oxygen atoms in total. The van der Waals surface area contributed by atoms with Crippen LogP contribution < -0.4 is 0 Å². The van der Waals surface area contributed by atoms with Gasteiger partial charge >= 0.3 is 0 Å². The van der Waals surface area contributed by atoms with Crippen molar-refractivity contribution in [1.29, 1.82) is 0 Å². The lowest BCUT2D eigenvalue weighted by Crippen LogP contribution is -2.31. The van der Waals surface area contributed by atoms with Crippen LogP contribution >= 0.6 is 0 Å². The standard InChI is InChI=1S/C16H27NO/c1-5-14(6-2)12-17(7-3)13(4)15-10-8-9-11-16(15)18/h8-11,13-14,18H,5-7,12H2,1-4H3. The first kappa shape index (κ1) is 15.0. The van der Waals surface area contributed by atoms with Gasteiger partial charge in [-0.1, -0.05) is 51.8 Å². The first-order valence-corrected chi connectivity index (χ1v) is 7.15. The van der Waals surface area contributed by atoms with Gasteiger partial charge in [0.15, 0.2) is 0 Å². The highest BCUT2D eigenvalue weighted by atomic mass is 16.3. The van der Waals surface area contributed by atoms with Crippen LogP contribution in [0.4, 0.5) is 0 Å². The Bertz CT molecular complexity index is 347. The summed E-state index contributed by atoms with van der Waals surface area (Å²) in [6, 6.07) is 7.95. The van der Waals surface area contributed by atoms with Gasteiger partial charge in [-0.15, -0.1) is 0 Å². The molecule has 0 aliphatic heterocycles. The maximum absolute atomic E-state index is 9.95. The van der Waals surface area contributed by atoms with Gasteiger partial charge in [0.25, 0.3) is 0 Å². The Hall–Kier alpha value is -1.02. The number of aromatic hydroxyl groups is 1. The molecule has 1 rings (SSSR count). The first-order valence-electron chi connectivity index (χ1n) is 7.15. The van der Waals surface area contributed by atoms with Gasteiger partial charge in [-0.05, 0) is 25.5 Å². The van der Waals surface area contributed by atoms with Gasteiger partial charge in [0.1, 0.15) is 5.75 Å². The molecule has 0 aliphatic rings. The SMILES string of the molecule is CCC(CC)CN(CC)C(C)c1ccccc1O. The van der Waals surface area contributed by atoms with Crippen molar-refractivity contribution in [1.82, 2.24) is 4.90 Å². The summed E-state index contributed by atoms with van der Waals surface area (Å²) in [6.45, 7) is 11.0. The molecule has 0 bridgehead atoms. The smallest absolute Gasteiger partial charge is 0.120 e. The Balaban J connectivity index is 2.79. The third-order valence-corrected chi connectivity index (χ3v) is 3.99. The lowest BCUT2D eigenvalue weighted by molar-refractivity contribution is 0.179. The van der Waals surface area contributed by atoms with Crippen LogP contribution in [0, 0.1) is 5.92 Å². The van der Waals surface area contributed by atoms with Crippen LogP contribution in [-0.2, 0) is 0 Å². The second kappa shape index (κ2) is 7.42. The molecule has 1 N–H and O–H groups in total. The van der Waals surface area contributed by atoms with Crippen LogP contribution in [-0.4, -0.2) is 23.1 Å². The fourth-order valence-corrected chi connectivity index (χ4v) is 2.48. The van der Waals surface area contributed by atoms with E-state index in [1.807, 2.05) is 18.2 Å². The lowest BCUT2D eigenvalue weighted by atomic mass is 10.00. The monoisotopic (exact) mass is 249 g/mol. The molecule has 0 radical (unpaired) electrons. The molecule has 0 aliphatic carbocycles. The van der Waals surface area contributed by atoms with E-state index in [-0.39, 0.29) is 6.04 Å². The number of phenols is 1. The topological polar surface area (TPSA) is 23.5 Å². The van der Waals surface area contributed by atoms with Crippen molar-refractivity contribution in [2.24, 2.45) is 5.92 Å². The normalized spacial score (nSPS) is 13.2. The molecular formula is C16H27NO. The van der Waals surface area contributed by atoms with E-state index in [1.165, 1.54) is 12.8 Å². The van der Waals surface area contributed by atoms with Crippen molar-refractivity contribution in [3.8, 4) is 5.75 Å². The summed E-state index contributed by atoms with van der Waals surface area (Å²) in [4.78, 5) is 2.45. The van der Waals surface area contributed by atoms with E-state index in [1.54, 1.807) is 6.07 Å². The zero-order valence-corrected chi connectivity index (χ0v) is 12.2. The Morgan fingerprint density at radius 1 is 1.11 bits per heavy atom. The Labute approximate surface area is 112 Å². The van der Waals surface area contributed by atoms with E-state index in [9.17, 15) is 5.11 Å². The fourth-order valence-electron chi connectivity index (χ4n) is 2.48. The molecule has 1 aromatic rings. The van der Waals surface area contributed by atoms with Crippen LogP contribution in [0.2, 0.25) is 0 Å². The maximum Gasteiger partial charge on any atom is 0.120 e. The minimum atomic E-state index is 0.275.